The van der Waals surface area contributed by atoms with Crippen molar-refractivity contribution >= 4 is 5.91 Å². The number of carbonyl (C=O) groups excluding carboxylic acids is 1. The summed E-state index contributed by atoms with van der Waals surface area (Å²) in [6.07, 6.45) is 0.839. The van der Waals surface area contributed by atoms with Crippen LogP contribution in [0.15, 0.2) is 0 Å². The van der Waals surface area contributed by atoms with E-state index in [4.69, 9.17) is 10.5 Å². The third kappa shape index (κ3) is 6.47. The van der Waals surface area contributed by atoms with Crippen LogP contribution in [0.1, 0.15) is 27.2 Å². The van der Waals surface area contributed by atoms with Crippen LogP contribution in [-0.4, -0.2) is 43.7 Å². The molecule has 0 rings (SSSR count). The number of carbonyl (C=O) groups is 1. The minimum atomic E-state index is 0.0211. The number of nitrogens with two attached hydrogens (primary N) is 1. The maximum atomic E-state index is 11.4. The van der Waals surface area contributed by atoms with E-state index in [0.717, 1.165) is 6.42 Å². The highest BCUT2D eigenvalue weighted by Gasteiger charge is 2.12. The molecule has 0 aromatic carbocycles. The van der Waals surface area contributed by atoms with Gasteiger partial charge in [-0.2, -0.15) is 0 Å². The van der Waals surface area contributed by atoms with E-state index in [0.29, 0.717) is 19.1 Å². The van der Waals surface area contributed by atoms with Gasteiger partial charge in [-0.05, 0) is 19.3 Å². The third-order valence-electron chi connectivity index (χ3n) is 2.51. The van der Waals surface area contributed by atoms with Gasteiger partial charge in [0.25, 0.3) is 0 Å². The molecular weight excluding hydrogens is 192 g/mol. The van der Waals surface area contributed by atoms with Crippen molar-refractivity contribution in [2.75, 3.05) is 26.8 Å². The Hall–Kier alpha value is -0.610. The van der Waals surface area contributed by atoms with E-state index in [1.165, 1.54) is 0 Å². The van der Waals surface area contributed by atoms with Crippen molar-refractivity contribution in [1.29, 1.82) is 0 Å². The first kappa shape index (κ1) is 14.4. The summed E-state index contributed by atoms with van der Waals surface area (Å²) in [5.41, 5.74) is 5.90. The normalized spacial score (nSPS) is 12.9. The van der Waals surface area contributed by atoms with Crippen molar-refractivity contribution in [3.05, 3.63) is 0 Å². The molecule has 0 aromatic heterocycles. The van der Waals surface area contributed by atoms with E-state index in [1.54, 1.807) is 11.9 Å². The van der Waals surface area contributed by atoms with Gasteiger partial charge in [0.15, 0.2) is 0 Å². The summed E-state index contributed by atoms with van der Waals surface area (Å²) >= 11 is 0. The molecule has 0 heterocycles. The smallest absolute Gasteiger partial charge is 0.248 e. The maximum absolute atomic E-state index is 11.4. The Labute approximate surface area is 92.8 Å². The zero-order valence-corrected chi connectivity index (χ0v) is 10.3. The van der Waals surface area contributed by atoms with Crippen molar-refractivity contribution in [3.8, 4) is 0 Å². The van der Waals surface area contributed by atoms with Crippen molar-refractivity contribution in [2.45, 2.75) is 33.2 Å². The first-order chi connectivity index (χ1) is 6.99. The lowest BCUT2D eigenvalue weighted by molar-refractivity contribution is -0.134. The van der Waals surface area contributed by atoms with Gasteiger partial charge in [0.2, 0.25) is 5.91 Å². The standard InChI is InChI=1S/C11H24N2O2/c1-5-15-8-11(14)13(4)7-6-10(12)9(2)3/h9-10H,5-8,12H2,1-4H3. The minimum Gasteiger partial charge on any atom is -0.372 e. The Balaban J connectivity index is 3.72. The van der Waals surface area contributed by atoms with Gasteiger partial charge in [0.1, 0.15) is 6.61 Å². The topological polar surface area (TPSA) is 55.6 Å². The van der Waals surface area contributed by atoms with Crippen LogP contribution < -0.4 is 5.73 Å². The molecule has 0 radical (unpaired) electrons. The molecule has 15 heavy (non-hydrogen) atoms. The molecular formula is C11H24N2O2. The van der Waals surface area contributed by atoms with E-state index in [2.05, 4.69) is 13.8 Å². The van der Waals surface area contributed by atoms with Gasteiger partial charge in [-0.3, -0.25) is 4.79 Å². The van der Waals surface area contributed by atoms with Crippen molar-refractivity contribution in [2.24, 2.45) is 11.7 Å². The molecule has 0 aliphatic carbocycles. The highest BCUT2D eigenvalue weighted by Crippen LogP contribution is 2.03. The summed E-state index contributed by atoms with van der Waals surface area (Å²) in [6, 6.07) is 0.160. The number of hydrogen-bond acceptors (Lipinski definition) is 3. The fraction of sp³-hybridized carbons (Fsp3) is 0.909. The van der Waals surface area contributed by atoms with Crippen LogP contribution in [0, 0.1) is 5.92 Å². The molecule has 0 aromatic rings. The molecule has 90 valence electrons. The Morgan fingerprint density at radius 1 is 1.47 bits per heavy atom. The fourth-order valence-electron chi connectivity index (χ4n) is 1.10. The number of ether oxygens (including phenoxy) is 1. The molecule has 1 amide bonds. The molecule has 0 saturated heterocycles. The van der Waals surface area contributed by atoms with Crippen LogP contribution in [0.3, 0.4) is 0 Å². The highest BCUT2D eigenvalue weighted by molar-refractivity contribution is 5.77. The predicted octanol–water partition coefficient (Wildman–Crippen LogP) is 0.855. The molecule has 0 aliphatic heterocycles. The molecule has 1 unspecified atom stereocenters. The van der Waals surface area contributed by atoms with E-state index in [-0.39, 0.29) is 18.6 Å². The summed E-state index contributed by atoms with van der Waals surface area (Å²) in [5.74, 6) is 0.480. The summed E-state index contributed by atoms with van der Waals surface area (Å²) < 4.78 is 5.05. The van der Waals surface area contributed by atoms with Gasteiger partial charge in [0, 0.05) is 26.2 Å². The third-order valence-corrected chi connectivity index (χ3v) is 2.51. The average Bonchev–Trinajstić information content (AvgIpc) is 2.21. The van der Waals surface area contributed by atoms with Crippen molar-refractivity contribution in [1.82, 2.24) is 4.90 Å². The molecule has 0 fully saturated rings. The fourth-order valence-corrected chi connectivity index (χ4v) is 1.10. The van der Waals surface area contributed by atoms with E-state index in [1.807, 2.05) is 6.92 Å². The second-order valence-electron chi connectivity index (χ2n) is 4.15. The maximum Gasteiger partial charge on any atom is 0.248 e. The number of nitrogens with zero attached hydrogens (tertiary/aromatic N) is 1. The molecule has 1 atom stereocenters. The molecule has 4 nitrogen and oxygen atoms in total. The Bertz CT molecular complexity index is 183. The molecule has 2 N–H and O–H groups in total. The molecule has 0 aliphatic rings. The van der Waals surface area contributed by atoms with Crippen molar-refractivity contribution < 1.29 is 9.53 Å². The van der Waals surface area contributed by atoms with Gasteiger partial charge in [-0.1, -0.05) is 13.8 Å². The average molecular weight is 216 g/mol. The van der Waals surface area contributed by atoms with Gasteiger partial charge in [0.05, 0.1) is 0 Å². The van der Waals surface area contributed by atoms with E-state index >= 15 is 0 Å². The second-order valence-corrected chi connectivity index (χ2v) is 4.15. The van der Waals surface area contributed by atoms with E-state index < -0.39 is 0 Å². The van der Waals surface area contributed by atoms with Crippen LogP contribution in [0.5, 0.6) is 0 Å². The highest BCUT2D eigenvalue weighted by atomic mass is 16.5. The van der Waals surface area contributed by atoms with Crippen LogP contribution >= 0.6 is 0 Å². The lowest BCUT2D eigenvalue weighted by atomic mass is 10.0. The summed E-state index contributed by atoms with van der Waals surface area (Å²) in [4.78, 5) is 13.1. The predicted molar refractivity (Wildman–Crippen MR) is 61.6 cm³/mol. The summed E-state index contributed by atoms with van der Waals surface area (Å²) in [7, 11) is 1.79. The molecule has 0 bridgehead atoms. The number of rotatable bonds is 7. The SMILES string of the molecule is CCOCC(=O)N(C)CCC(N)C(C)C. The Morgan fingerprint density at radius 2 is 2.07 bits per heavy atom. The van der Waals surface area contributed by atoms with Crippen molar-refractivity contribution in [3.63, 3.8) is 0 Å². The lowest BCUT2D eigenvalue weighted by Crippen LogP contribution is -2.36. The Morgan fingerprint density at radius 3 is 2.53 bits per heavy atom. The second kappa shape index (κ2) is 7.65. The van der Waals surface area contributed by atoms with Gasteiger partial charge in [-0.25, -0.2) is 0 Å². The zero-order valence-electron chi connectivity index (χ0n) is 10.3. The molecule has 4 heteroatoms. The summed E-state index contributed by atoms with van der Waals surface area (Å²) in [5, 5.41) is 0. The monoisotopic (exact) mass is 216 g/mol. The van der Waals surface area contributed by atoms with Gasteiger partial charge in [-0.15, -0.1) is 0 Å². The zero-order chi connectivity index (χ0) is 11.8. The quantitative estimate of drug-likeness (QED) is 0.686. The number of amides is 1. The summed E-state index contributed by atoms with van der Waals surface area (Å²) in [6.45, 7) is 7.50. The van der Waals surface area contributed by atoms with Gasteiger partial charge >= 0.3 is 0 Å². The van der Waals surface area contributed by atoms with E-state index in [9.17, 15) is 4.79 Å². The van der Waals surface area contributed by atoms with Crippen LogP contribution in [-0.2, 0) is 9.53 Å². The molecule has 0 spiro atoms. The minimum absolute atomic E-state index is 0.0211. The Kier molecular flexibility index (Phi) is 7.34. The van der Waals surface area contributed by atoms with Crippen LogP contribution in [0.25, 0.3) is 0 Å². The first-order valence-corrected chi connectivity index (χ1v) is 5.56. The van der Waals surface area contributed by atoms with Crippen LogP contribution in [0.4, 0.5) is 0 Å². The van der Waals surface area contributed by atoms with Gasteiger partial charge < -0.3 is 15.4 Å². The molecule has 0 saturated carbocycles. The number of hydrogen-bond donors (Lipinski definition) is 1. The largest absolute Gasteiger partial charge is 0.372 e. The van der Waals surface area contributed by atoms with Crippen LogP contribution in [0.2, 0.25) is 0 Å². The lowest BCUT2D eigenvalue weighted by Gasteiger charge is -2.21. The number of likely N-dealkylation sites (N-methyl/N-ethyl adjacent to an activating group) is 1. The first-order valence-electron chi connectivity index (χ1n) is 5.56.